The normalized spacial score (nSPS) is 14.6. The Kier molecular flexibility index (Phi) is 3.43. The van der Waals surface area contributed by atoms with Crippen molar-refractivity contribution in [3.63, 3.8) is 0 Å². The molecule has 1 aliphatic heterocycles. The maximum Gasteiger partial charge on any atom is 0.299 e. The van der Waals surface area contributed by atoms with Gasteiger partial charge in [-0.3, -0.25) is 9.59 Å². The van der Waals surface area contributed by atoms with Crippen LogP contribution in [0.4, 0.5) is 10.1 Å². The average Bonchev–Trinajstić information content (AvgIpc) is 2.53. The van der Waals surface area contributed by atoms with Gasteiger partial charge in [0.2, 0.25) is 0 Å². The smallest absolute Gasteiger partial charge is 0.299 e. The van der Waals surface area contributed by atoms with Crippen LogP contribution < -0.4 is 10.2 Å². The van der Waals surface area contributed by atoms with Crippen molar-refractivity contribution >= 4 is 17.4 Å². The van der Waals surface area contributed by atoms with E-state index in [0.29, 0.717) is 24.8 Å². The van der Waals surface area contributed by atoms with Gasteiger partial charge in [0, 0.05) is 19.1 Å². The third kappa shape index (κ3) is 2.26. The Morgan fingerprint density at radius 3 is 2.72 bits per heavy atom. The Morgan fingerprint density at radius 1 is 1.33 bits per heavy atom. The molecule has 0 spiro atoms. The van der Waals surface area contributed by atoms with E-state index in [-0.39, 0.29) is 5.56 Å². The highest BCUT2D eigenvalue weighted by Gasteiger charge is 2.35. The molecule has 5 heteroatoms. The van der Waals surface area contributed by atoms with Crippen molar-refractivity contribution in [2.75, 3.05) is 18.0 Å². The van der Waals surface area contributed by atoms with E-state index < -0.39 is 17.5 Å². The summed E-state index contributed by atoms with van der Waals surface area (Å²) in [4.78, 5) is 24.8. The summed E-state index contributed by atoms with van der Waals surface area (Å²) in [7, 11) is 0. The number of anilines is 1. The summed E-state index contributed by atoms with van der Waals surface area (Å²) in [5, 5.41) is 3.15. The van der Waals surface area contributed by atoms with Gasteiger partial charge in [0.1, 0.15) is 5.82 Å². The summed E-state index contributed by atoms with van der Waals surface area (Å²) in [5.41, 5.74) is 0.654. The van der Waals surface area contributed by atoms with Gasteiger partial charge in [0.05, 0.1) is 11.3 Å². The second kappa shape index (κ2) is 4.86. The minimum atomic E-state index is -0.582. The largest absolute Gasteiger partial charge is 0.313 e. The quantitative estimate of drug-likeness (QED) is 0.821. The number of Topliss-reactive ketones (excluding diaryl/α,β-unsaturated/α-hetero) is 1. The second-order valence-corrected chi connectivity index (χ2v) is 4.56. The van der Waals surface area contributed by atoms with Gasteiger partial charge in [-0.25, -0.2) is 4.39 Å². The van der Waals surface area contributed by atoms with Crippen molar-refractivity contribution in [3.8, 4) is 0 Å². The number of fused-ring (bicyclic) bond motifs is 1. The first-order chi connectivity index (χ1) is 8.50. The number of ketones is 1. The Hall–Kier alpha value is -1.75. The minimum Gasteiger partial charge on any atom is -0.313 e. The van der Waals surface area contributed by atoms with E-state index in [1.165, 1.54) is 23.1 Å². The summed E-state index contributed by atoms with van der Waals surface area (Å²) in [6.07, 6.45) is 0. The molecule has 0 aliphatic carbocycles. The zero-order chi connectivity index (χ0) is 13.3. The first-order valence-corrected chi connectivity index (χ1v) is 5.90. The van der Waals surface area contributed by atoms with E-state index in [9.17, 15) is 14.0 Å². The summed E-state index contributed by atoms with van der Waals surface area (Å²) >= 11 is 0. The van der Waals surface area contributed by atoms with Crippen molar-refractivity contribution in [2.45, 2.75) is 19.9 Å². The number of nitrogens with zero attached hydrogens (tertiary/aromatic N) is 1. The van der Waals surface area contributed by atoms with Crippen LogP contribution in [0.3, 0.4) is 0 Å². The first-order valence-electron chi connectivity index (χ1n) is 5.90. The highest BCUT2D eigenvalue weighted by molar-refractivity contribution is 6.52. The van der Waals surface area contributed by atoms with Crippen LogP contribution in [0.2, 0.25) is 0 Å². The number of hydrogen-bond donors (Lipinski definition) is 1. The zero-order valence-corrected chi connectivity index (χ0v) is 10.4. The van der Waals surface area contributed by atoms with Crippen LogP contribution in [-0.2, 0) is 4.79 Å². The Bertz CT molecular complexity index is 500. The van der Waals surface area contributed by atoms with Crippen molar-refractivity contribution in [1.29, 1.82) is 0 Å². The predicted octanol–water partition coefficient (Wildman–Crippen LogP) is 1.35. The van der Waals surface area contributed by atoms with E-state index in [0.717, 1.165) is 0 Å². The summed E-state index contributed by atoms with van der Waals surface area (Å²) < 4.78 is 13.2. The lowest BCUT2D eigenvalue weighted by atomic mass is 10.1. The lowest BCUT2D eigenvalue weighted by Gasteiger charge is -2.17. The minimum absolute atomic E-state index is 0.283. The molecule has 0 atom stereocenters. The third-order valence-electron chi connectivity index (χ3n) is 2.82. The van der Waals surface area contributed by atoms with Crippen LogP contribution in [0.15, 0.2) is 18.2 Å². The predicted molar refractivity (Wildman–Crippen MR) is 66.2 cm³/mol. The average molecular weight is 250 g/mol. The van der Waals surface area contributed by atoms with E-state index in [1.54, 1.807) is 0 Å². The summed E-state index contributed by atoms with van der Waals surface area (Å²) in [5.74, 6) is -1.59. The number of carbonyl (C=O) groups is 2. The molecule has 1 aliphatic rings. The number of hydrogen-bond acceptors (Lipinski definition) is 3. The molecule has 0 aromatic heterocycles. The molecule has 0 saturated carbocycles. The second-order valence-electron chi connectivity index (χ2n) is 4.56. The van der Waals surface area contributed by atoms with Gasteiger partial charge in [-0.1, -0.05) is 13.8 Å². The molecule has 0 saturated heterocycles. The van der Waals surface area contributed by atoms with Crippen molar-refractivity contribution in [2.24, 2.45) is 0 Å². The van der Waals surface area contributed by atoms with E-state index in [4.69, 9.17) is 0 Å². The molecule has 1 N–H and O–H groups in total. The van der Waals surface area contributed by atoms with E-state index in [1.807, 2.05) is 13.8 Å². The number of rotatable bonds is 4. The number of amides is 1. The molecule has 96 valence electrons. The van der Waals surface area contributed by atoms with Crippen LogP contribution in [-0.4, -0.2) is 30.8 Å². The summed E-state index contributed by atoms with van der Waals surface area (Å²) in [6, 6.07) is 4.08. The van der Waals surface area contributed by atoms with Crippen molar-refractivity contribution < 1.29 is 14.0 Å². The number of nitrogens with one attached hydrogen (secondary N) is 1. The van der Waals surface area contributed by atoms with Gasteiger partial charge in [-0.15, -0.1) is 0 Å². The molecule has 1 amide bonds. The molecule has 0 unspecified atom stereocenters. The van der Waals surface area contributed by atoms with Gasteiger partial charge < -0.3 is 10.2 Å². The topological polar surface area (TPSA) is 49.4 Å². The Labute approximate surface area is 105 Å². The Morgan fingerprint density at radius 2 is 2.06 bits per heavy atom. The van der Waals surface area contributed by atoms with Gasteiger partial charge in [0.15, 0.2) is 0 Å². The van der Waals surface area contributed by atoms with E-state index in [2.05, 4.69) is 5.32 Å². The third-order valence-corrected chi connectivity index (χ3v) is 2.82. The van der Waals surface area contributed by atoms with Gasteiger partial charge in [0.25, 0.3) is 11.7 Å². The molecule has 0 fully saturated rings. The number of benzene rings is 1. The molecular formula is C13H15FN2O2. The van der Waals surface area contributed by atoms with Crippen LogP contribution in [0.5, 0.6) is 0 Å². The SMILES string of the molecule is CC(C)NCCN1C(=O)C(=O)c2ccc(F)cc21. The van der Waals surface area contributed by atoms with Crippen LogP contribution in [0, 0.1) is 5.82 Å². The van der Waals surface area contributed by atoms with Gasteiger partial charge in [-0.2, -0.15) is 0 Å². The maximum atomic E-state index is 13.2. The molecule has 1 aromatic rings. The highest BCUT2D eigenvalue weighted by atomic mass is 19.1. The van der Waals surface area contributed by atoms with E-state index >= 15 is 0 Å². The fraction of sp³-hybridized carbons (Fsp3) is 0.385. The first kappa shape index (κ1) is 12.7. The van der Waals surface area contributed by atoms with Crippen LogP contribution in [0.1, 0.15) is 24.2 Å². The lowest BCUT2D eigenvalue weighted by molar-refractivity contribution is -0.114. The molecule has 0 bridgehead atoms. The number of carbonyl (C=O) groups excluding carboxylic acids is 2. The maximum absolute atomic E-state index is 13.2. The monoisotopic (exact) mass is 250 g/mol. The molecule has 0 radical (unpaired) electrons. The zero-order valence-electron chi connectivity index (χ0n) is 10.4. The van der Waals surface area contributed by atoms with Gasteiger partial charge >= 0.3 is 0 Å². The molecule has 4 nitrogen and oxygen atoms in total. The highest BCUT2D eigenvalue weighted by Crippen LogP contribution is 2.29. The van der Waals surface area contributed by atoms with Gasteiger partial charge in [-0.05, 0) is 18.2 Å². The molecular weight excluding hydrogens is 235 g/mol. The number of halogens is 1. The standard InChI is InChI=1S/C13H15FN2O2/c1-8(2)15-5-6-16-11-7-9(14)3-4-10(11)12(17)13(16)18/h3-4,7-8,15H,5-6H2,1-2H3. The van der Waals surface area contributed by atoms with Crippen molar-refractivity contribution in [1.82, 2.24) is 5.32 Å². The summed E-state index contributed by atoms with van der Waals surface area (Å²) in [6.45, 7) is 4.90. The fourth-order valence-corrected chi connectivity index (χ4v) is 1.95. The van der Waals surface area contributed by atoms with Crippen LogP contribution in [0.25, 0.3) is 0 Å². The van der Waals surface area contributed by atoms with Crippen molar-refractivity contribution in [3.05, 3.63) is 29.6 Å². The van der Waals surface area contributed by atoms with Crippen LogP contribution >= 0.6 is 0 Å². The molecule has 1 aromatic carbocycles. The lowest BCUT2D eigenvalue weighted by Crippen LogP contribution is -2.37. The molecule has 18 heavy (non-hydrogen) atoms. The Balaban J connectivity index is 2.19. The molecule has 1 heterocycles. The molecule has 2 rings (SSSR count). The fourth-order valence-electron chi connectivity index (χ4n) is 1.95.